The quantitative estimate of drug-likeness (QED) is 0.778. The molecule has 3 N–H and O–H groups in total. The van der Waals surface area contributed by atoms with Gasteiger partial charge < -0.3 is 20.4 Å². The molecule has 0 spiro atoms. The van der Waals surface area contributed by atoms with Gasteiger partial charge in [-0.05, 0) is 30.5 Å². The molecule has 0 saturated carbocycles. The number of nitrogens with one attached hydrogen (secondary N) is 3. The van der Waals surface area contributed by atoms with Crippen molar-refractivity contribution in [3.8, 4) is 5.75 Å². The molecule has 0 radical (unpaired) electrons. The Hall–Kier alpha value is -2.17. The van der Waals surface area contributed by atoms with Gasteiger partial charge in [0.15, 0.2) is 5.96 Å². The number of nitrogens with zero attached hydrogens (tertiary/aromatic N) is 1. The number of ether oxygens (including phenoxy) is 1. The van der Waals surface area contributed by atoms with Crippen LogP contribution in [0.4, 0.5) is 0 Å². The van der Waals surface area contributed by atoms with E-state index in [4.69, 9.17) is 4.74 Å². The number of hydrogen-bond donors (Lipinski definition) is 3. The highest BCUT2D eigenvalue weighted by Crippen LogP contribution is 2.19. The van der Waals surface area contributed by atoms with Gasteiger partial charge in [-0.1, -0.05) is 0 Å². The van der Waals surface area contributed by atoms with E-state index >= 15 is 0 Å². The summed E-state index contributed by atoms with van der Waals surface area (Å²) in [5.74, 6) is 1.81. The smallest absolute Gasteiger partial charge is 0.191 e. The van der Waals surface area contributed by atoms with Gasteiger partial charge in [-0.3, -0.25) is 4.99 Å². The molecule has 1 aliphatic rings. The van der Waals surface area contributed by atoms with Crippen molar-refractivity contribution in [2.45, 2.75) is 19.4 Å². The molecule has 3 rings (SSSR count). The summed E-state index contributed by atoms with van der Waals surface area (Å²) in [7, 11) is 0. The molecule has 1 atom stereocenters. The van der Waals surface area contributed by atoms with E-state index in [-0.39, 0.29) is 0 Å². The minimum absolute atomic E-state index is 0.341. The second kappa shape index (κ2) is 5.86. The van der Waals surface area contributed by atoms with Gasteiger partial charge in [0.2, 0.25) is 0 Å². The van der Waals surface area contributed by atoms with Gasteiger partial charge in [0.25, 0.3) is 0 Å². The van der Waals surface area contributed by atoms with E-state index < -0.39 is 0 Å². The Morgan fingerprint density at radius 3 is 3.20 bits per heavy atom. The number of fused-ring (bicyclic) bond motifs is 1. The monoisotopic (exact) mass is 272 g/mol. The molecule has 1 aromatic carbocycles. The lowest BCUT2D eigenvalue weighted by atomic mass is 10.2. The fourth-order valence-electron chi connectivity index (χ4n) is 2.27. The number of benzene rings is 1. The zero-order chi connectivity index (χ0) is 13.8. The molecule has 0 aliphatic carbocycles. The third-order valence-corrected chi connectivity index (χ3v) is 3.40. The minimum atomic E-state index is 0.341. The van der Waals surface area contributed by atoms with Gasteiger partial charge in [0.05, 0.1) is 13.2 Å². The highest BCUT2D eigenvalue weighted by molar-refractivity contribution is 5.81. The number of aliphatic imine (C=N–C) groups is 1. The molecule has 106 valence electrons. The Kier molecular flexibility index (Phi) is 3.76. The van der Waals surface area contributed by atoms with E-state index in [1.54, 1.807) is 0 Å². The second-order valence-electron chi connectivity index (χ2n) is 5.07. The molecule has 2 aromatic rings. The first-order valence-electron chi connectivity index (χ1n) is 7.06. The zero-order valence-corrected chi connectivity index (χ0v) is 11.6. The molecule has 0 bridgehead atoms. The fraction of sp³-hybridized carbons (Fsp3) is 0.400. The summed E-state index contributed by atoms with van der Waals surface area (Å²) in [4.78, 5) is 7.51. The molecule has 0 fully saturated rings. The number of hydrogen-bond acceptors (Lipinski definition) is 4. The summed E-state index contributed by atoms with van der Waals surface area (Å²) in [6.45, 7) is 4.62. The average Bonchev–Trinajstić information content (AvgIpc) is 3.09. The summed E-state index contributed by atoms with van der Waals surface area (Å²) in [5.41, 5.74) is 1.11. The number of guanidine groups is 1. The number of rotatable bonds is 5. The van der Waals surface area contributed by atoms with E-state index in [0.717, 1.165) is 36.7 Å². The first-order valence-corrected chi connectivity index (χ1v) is 7.06. The SMILES string of the molecule is CC(CCOc1ccc2cc[nH]c2c1)NC1=NCCN1. The molecule has 1 aromatic heterocycles. The maximum atomic E-state index is 5.80. The second-order valence-corrected chi connectivity index (χ2v) is 5.07. The minimum Gasteiger partial charge on any atom is -0.493 e. The van der Waals surface area contributed by atoms with Crippen molar-refractivity contribution >= 4 is 16.9 Å². The van der Waals surface area contributed by atoms with Gasteiger partial charge in [-0.2, -0.15) is 0 Å². The Labute approximate surface area is 118 Å². The third-order valence-electron chi connectivity index (χ3n) is 3.40. The standard InChI is InChI=1S/C15H20N4O/c1-11(19-15-17-7-8-18-15)5-9-20-13-3-2-12-4-6-16-14(12)10-13/h2-4,6,10-11,16H,5,7-9H2,1H3,(H2,17,18,19). The van der Waals surface area contributed by atoms with E-state index in [2.05, 4.69) is 39.7 Å². The highest BCUT2D eigenvalue weighted by atomic mass is 16.5. The van der Waals surface area contributed by atoms with Crippen LogP contribution in [0.15, 0.2) is 35.5 Å². The van der Waals surface area contributed by atoms with Crippen LogP contribution >= 0.6 is 0 Å². The lowest BCUT2D eigenvalue weighted by Gasteiger charge is -2.15. The van der Waals surface area contributed by atoms with Crippen LogP contribution in [0.5, 0.6) is 5.75 Å². The maximum Gasteiger partial charge on any atom is 0.191 e. The van der Waals surface area contributed by atoms with Crippen LogP contribution in [0.3, 0.4) is 0 Å². The molecule has 1 unspecified atom stereocenters. The first kappa shape index (κ1) is 12.8. The summed E-state index contributed by atoms with van der Waals surface area (Å²) >= 11 is 0. The van der Waals surface area contributed by atoms with Crippen LogP contribution < -0.4 is 15.4 Å². The van der Waals surface area contributed by atoms with Crippen LogP contribution in [-0.2, 0) is 0 Å². The molecule has 1 aliphatic heterocycles. The first-order chi connectivity index (χ1) is 9.81. The van der Waals surface area contributed by atoms with E-state index in [9.17, 15) is 0 Å². The van der Waals surface area contributed by atoms with Gasteiger partial charge in [0.1, 0.15) is 5.75 Å². The van der Waals surface area contributed by atoms with Gasteiger partial charge >= 0.3 is 0 Å². The summed E-state index contributed by atoms with van der Waals surface area (Å²) in [6, 6.07) is 8.52. The Morgan fingerprint density at radius 2 is 2.35 bits per heavy atom. The van der Waals surface area contributed by atoms with Crippen LogP contribution in [0.1, 0.15) is 13.3 Å². The van der Waals surface area contributed by atoms with Crippen molar-refractivity contribution in [1.29, 1.82) is 0 Å². The van der Waals surface area contributed by atoms with Crippen molar-refractivity contribution in [1.82, 2.24) is 15.6 Å². The number of aromatic amines is 1. The lowest BCUT2D eigenvalue weighted by Crippen LogP contribution is -2.40. The lowest BCUT2D eigenvalue weighted by molar-refractivity contribution is 0.297. The van der Waals surface area contributed by atoms with Crippen molar-refractivity contribution in [3.05, 3.63) is 30.5 Å². The van der Waals surface area contributed by atoms with Crippen molar-refractivity contribution < 1.29 is 4.74 Å². The predicted molar refractivity (Wildman–Crippen MR) is 81.3 cm³/mol. The molecule has 2 heterocycles. The van der Waals surface area contributed by atoms with Crippen molar-refractivity contribution in [2.75, 3.05) is 19.7 Å². The van der Waals surface area contributed by atoms with Gasteiger partial charge in [0, 0.05) is 36.8 Å². The predicted octanol–water partition coefficient (Wildman–Crippen LogP) is 1.87. The Bertz CT molecular complexity index is 605. The van der Waals surface area contributed by atoms with Crippen LogP contribution in [-0.4, -0.2) is 36.7 Å². The van der Waals surface area contributed by atoms with E-state index in [0.29, 0.717) is 12.6 Å². The Balaban J connectivity index is 1.46. The zero-order valence-electron chi connectivity index (χ0n) is 11.6. The van der Waals surface area contributed by atoms with Crippen molar-refractivity contribution in [2.24, 2.45) is 4.99 Å². The summed E-state index contributed by atoms with van der Waals surface area (Å²) < 4.78 is 5.80. The van der Waals surface area contributed by atoms with E-state index in [1.165, 1.54) is 5.39 Å². The Morgan fingerprint density at radius 1 is 1.40 bits per heavy atom. The van der Waals surface area contributed by atoms with E-state index in [1.807, 2.05) is 18.3 Å². The van der Waals surface area contributed by atoms with Crippen LogP contribution in [0.25, 0.3) is 10.9 Å². The highest BCUT2D eigenvalue weighted by Gasteiger charge is 2.08. The number of H-pyrrole nitrogens is 1. The molecular formula is C15H20N4O. The third kappa shape index (κ3) is 3.04. The maximum absolute atomic E-state index is 5.80. The normalized spacial score (nSPS) is 15.8. The summed E-state index contributed by atoms with van der Waals surface area (Å²) in [5, 5.41) is 7.76. The molecule has 20 heavy (non-hydrogen) atoms. The average molecular weight is 272 g/mol. The largest absolute Gasteiger partial charge is 0.493 e. The molecule has 5 nitrogen and oxygen atoms in total. The molecule has 0 amide bonds. The number of aromatic nitrogens is 1. The molecular weight excluding hydrogens is 252 g/mol. The fourth-order valence-corrected chi connectivity index (χ4v) is 2.27. The van der Waals surface area contributed by atoms with Gasteiger partial charge in [-0.25, -0.2) is 0 Å². The molecule has 0 saturated heterocycles. The van der Waals surface area contributed by atoms with Crippen LogP contribution in [0.2, 0.25) is 0 Å². The van der Waals surface area contributed by atoms with Crippen LogP contribution in [0, 0.1) is 0 Å². The topological polar surface area (TPSA) is 61.4 Å². The molecule has 5 heteroatoms. The summed E-state index contributed by atoms with van der Waals surface area (Å²) in [6.07, 6.45) is 2.87. The van der Waals surface area contributed by atoms with Crippen molar-refractivity contribution in [3.63, 3.8) is 0 Å². The van der Waals surface area contributed by atoms with Gasteiger partial charge in [-0.15, -0.1) is 0 Å².